The zero-order valence-electron chi connectivity index (χ0n) is 11.3. The van der Waals surface area contributed by atoms with E-state index in [4.69, 9.17) is 15.9 Å². The van der Waals surface area contributed by atoms with Crippen LogP contribution in [-0.2, 0) is 9.53 Å². The zero-order chi connectivity index (χ0) is 13.7. The molecule has 0 saturated carbocycles. The van der Waals surface area contributed by atoms with Gasteiger partial charge in [-0.05, 0) is 38.8 Å². The number of hydrogen-bond donors (Lipinski definition) is 0. The first-order valence-corrected chi connectivity index (χ1v) is 5.87. The Labute approximate surface area is 108 Å². The van der Waals surface area contributed by atoms with Gasteiger partial charge in [0.1, 0.15) is 5.75 Å². The van der Waals surface area contributed by atoms with E-state index in [9.17, 15) is 4.79 Å². The molecule has 1 aromatic carbocycles. The van der Waals surface area contributed by atoms with E-state index in [1.54, 1.807) is 6.92 Å². The number of ether oxygens (including phenoxy) is 2. The maximum Gasteiger partial charge on any atom is 0.344 e. The second kappa shape index (κ2) is 6.11. The molecule has 3 heteroatoms. The lowest BCUT2D eigenvalue weighted by molar-refractivity contribution is -0.145. The molecule has 0 aliphatic heterocycles. The summed E-state index contributed by atoms with van der Waals surface area (Å²) >= 11 is 0. The van der Waals surface area contributed by atoms with Crippen molar-refractivity contribution in [1.82, 2.24) is 0 Å². The van der Waals surface area contributed by atoms with Gasteiger partial charge in [0.05, 0.1) is 6.61 Å². The van der Waals surface area contributed by atoms with E-state index in [0.29, 0.717) is 12.4 Å². The summed E-state index contributed by atoms with van der Waals surface area (Å²) in [6.07, 6.45) is 5.48. The van der Waals surface area contributed by atoms with Gasteiger partial charge in [-0.25, -0.2) is 4.79 Å². The SMILES string of the molecule is C#Cc1c(C)cc(C)c(OCC(=O)OCC)c1C. The lowest BCUT2D eigenvalue weighted by Crippen LogP contribution is -2.15. The average molecular weight is 246 g/mol. The molecule has 96 valence electrons. The van der Waals surface area contributed by atoms with Crippen LogP contribution in [0.15, 0.2) is 6.07 Å². The van der Waals surface area contributed by atoms with Crippen molar-refractivity contribution in [3.63, 3.8) is 0 Å². The number of esters is 1. The van der Waals surface area contributed by atoms with Crippen molar-refractivity contribution in [2.45, 2.75) is 27.7 Å². The van der Waals surface area contributed by atoms with E-state index in [-0.39, 0.29) is 12.6 Å². The van der Waals surface area contributed by atoms with Crippen molar-refractivity contribution in [3.05, 3.63) is 28.3 Å². The minimum Gasteiger partial charge on any atom is -0.481 e. The maximum atomic E-state index is 11.3. The fourth-order valence-electron chi connectivity index (χ4n) is 1.95. The monoisotopic (exact) mass is 246 g/mol. The molecule has 0 aromatic heterocycles. The Balaban J connectivity index is 2.96. The number of terminal acetylenes is 1. The summed E-state index contributed by atoms with van der Waals surface area (Å²) < 4.78 is 10.3. The molecule has 3 nitrogen and oxygen atoms in total. The Morgan fingerprint density at radius 3 is 2.56 bits per heavy atom. The summed E-state index contributed by atoms with van der Waals surface area (Å²) in [6.45, 7) is 7.81. The minimum atomic E-state index is -0.376. The van der Waals surface area contributed by atoms with Crippen molar-refractivity contribution in [3.8, 4) is 18.1 Å². The Hall–Kier alpha value is -1.95. The highest BCUT2D eigenvalue weighted by atomic mass is 16.6. The number of carbonyl (C=O) groups excluding carboxylic acids is 1. The lowest BCUT2D eigenvalue weighted by Gasteiger charge is -2.14. The minimum absolute atomic E-state index is 0.0947. The molecule has 0 atom stereocenters. The van der Waals surface area contributed by atoms with Crippen LogP contribution in [0.25, 0.3) is 0 Å². The van der Waals surface area contributed by atoms with Crippen LogP contribution in [0, 0.1) is 33.1 Å². The van der Waals surface area contributed by atoms with Gasteiger partial charge in [0.2, 0.25) is 0 Å². The molecule has 0 fully saturated rings. The molecule has 0 radical (unpaired) electrons. The fraction of sp³-hybridized carbons (Fsp3) is 0.400. The third-order valence-electron chi connectivity index (χ3n) is 2.69. The van der Waals surface area contributed by atoms with E-state index in [1.165, 1.54) is 0 Å². The van der Waals surface area contributed by atoms with Gasteiger partial charge < -0.3 is 9.47 Å². The molecule has 0 spiro atoms. The van der Waals surface area contributed by atoms with Crippen LogP contribution in [-0.4, -0.2) is 19.2 Å². The molecule has 0 heterocycles. The summed E-state index contributed by atoms with van der Waals surface area (Å²) in [5.74, 6) is 2.94. The van der Waals surface area contributed by atoms with Gasteiger partial charge in [0.25, 0.3) is 0 Å². The summed E-state index contributed by atoms with van der Waals surface area (Å²) in [7, 11) is 0. The van der Waals surface area contributed by atoms with E-state index in [0.717, 1.165) is 22.3 Å². The van der Waals surface area contributed by atoms with E-state index < -0.39 is 0 Å². The van der Waals surface area contributed by atoms with Crippen LogP contribution in [0.4, 0.5) is 0 Å². The Morgan fingerprint density at radius 2 is 2.00 bits per heavy atom. The Bertz CT molecular complexity index is 495. The summed E-state index contributed by atoms with van der Waals surface area (Å²) in [6, 6.07) is 1.96. The number of aryl methyl sites for hydroxylation is 2. The molecule has 1 aromatic rings. The molecule has 1 rings (SSSR count). The molecule has 0 aliphatic rings. The molecule has 0 saturated heterocycles. The average Bonchev–Trinajstić information content (AvgIpc) is 2.29. The molecule has 0 unspecified atom stereocenters. The fourth-order valence-corrected chi connectivity index (χ4v) is 1.95. The predicted octanol–water partition coefficient (Wildman–Crippen LogP) is 2.54. The molecule has 0 amide bonds. The van der Waals surface area contributed by atoms with Crippen molar-refractivity contribution in [1.29, 1.82) is 0 Å². The summed E-state index contributed by atoms with van der Waals surface area (Å²) in [5.41, 5.74) is 3.71. The van der Waals surface area contributed by atoms with Gasteiger partial charge in [-0.1, -0.05) is 12.0 Å². The standard InChI is InChI=1S/C15H18O3/c1-6-13-10(3)8-11(4)15(12(13)5)18-9-14(16)17-7-2/h1,8H,7,9H2,2-5H3. The first-order valence-electron chi connectivity index (χ1n) is 5.87. The smallest absolute Gasteiger partial charge is 0.344 e. The van der Waals surface area contributed by atoms with Crippen LogP contribution < -0.4 is 4.74 Å². The first-order chi connectivity index (χ1) is 8.51. The molecule has 0 aliphatic carbocycles. The maximum absolute atomic E-state index is 11.3. The van der Waals surface area contributed by atoms with Gasteiger partial charge in [-0.15, -0.1) is 6.42 Å². The second-order valence-corrected chi connectivity index (χ2v) is 4.08. The van der Waals surface area contributed by atoms with E-state index in [2.05, 4.69) is 5.92 Å². The second-order valence-electron chi connectivity index (χ2n) is 4.08. The van der Waals surface area contributed by atoms with Gasteiger partial charge in [-0.2, -0.15) is 0 Å². The van der Waals surface area contributed by atoms with Crippen LogP contribution in [0.5, 0.6) is 5.75 Å². The number of hydrogen-bond acceptors (Lipinski definition) is 3. The Morgan fingerprint density at radius 1 is 1.33 bits per heavy atom. The van der Waals surface area contributed by atoms with Gasteiger partial charge in [-0.3, -0.25) is 0 Å². The molecule has 18 heavy (non-hydrogen) atoms. The molecule has 0 N–H and O–H groups in total. The summed E-state index contributed by atoms with van der Waals surface area (Å²) in [4.78, 5) is 11.3. The lowest BCUT2D eigenvalue weighted by atomic mass is 9.99. The highest BCUT2D eigenvalue weighted by Gasteiger charge is 2.12. The number of benzene rings is 1. The largest absolute Gasteiger partial charge is 0.481 e. The van der Waals surface area contributed by atoms with E-state index in [1.807, 2.05) is 26.8 Å². The van der Waals surface area contributed by atoms with Crippen LogP contribution in [0.3, 0.4) is 0 Å². The van der Waals surface area contributed by atoms with Crippen molar-refractivity contribution in [2.75, 3.05) is 13.2 Å². The highest BCUT2D eigenvalue weighted by Crippen LogP contribution is 2.28. The topological polar surface area (TPSA) is 35.5 Å². The third kappa shape index (κ3) is 3.04. The molecular formula is C15H18O3. The van der Waals surface area contributed by atoms with Crippen molar-refractivity contribution < 1.29 is 14.3 Å². The van der Waals surface area contributed by atoms with Crippen LogP contribution in [0.2, 0.25) is 0 Å². The first kappa shape index (κ1) is 14.1. The quantitative estimate of drug-likeness (QED) is 0.605. The Kier molecular flexibility index (Phi) is 4.79. The third-order valence-corrected chi connectivity index (χ3v) is 2.69. The van der Waals surface area contributed by atoms with Gasteiger partial charge >= 0.3 is 5.97 Å². The normalized spacial score (nSPS) is 9.72. The molecular weight excluding hydrogens is 228 g/mol. The molecule has 0 bridgehead atoms. The number of carbonyl (C=O) groups is 1. The van der Waals surface area contributed by atoms with Gasteiger partial charge in [0, 0.05) is 11.1 Å². The number of rotatable bonds is 4. The van der Waals surface area contributed by atoms with E-state index >= 15 is 0 Å². The highest BCUT2D eigenvalue weighted by molar-refractivity contribution is 5.71. The van der Waals surface area contributed by atoms with Gasteiger partial charge in [0.15, 0.2) is 6.61 Å². The van der Waals surface area contributed by atoms with Crippen LogP contribution >= 0.6 is 0 Å². The van der Waals surface area contributed by atoms with Crippen molar-refractivity contribution in [2.24, 2.45) is 0 Å². The predicted molar refractivity (Wildman–Crippen MR) is 70.7 cm³/mol. The zero-order valence-corrected chi connectivity index (χ0v) is 11.3. The summed E-state index contributed by atoms with van der Waals surface area (Å²) in [5, 5.41) is 0. The van der Waals surface area contributed by atoms with Crippen molar-refractivity contribution >= 4 is 5.97 Å². The van der Waals surface area contributed by atoms with Crippen LogP contribution in [0.1, 0.15) is 29.2 Å².